The molecule has 0 aliphatic rings. The van der Waals surface area contributed by atoms with Crippen molar-refractivity contribution in [2.75, 3.05) is 6.61 Å². The molecular formula is C17H17ClFNO3. The summed E-state index contributed by atoms with van der Waals surface area (Å²) < 4.78 is 18.5. The SMILES string of the molecule is CC(NC(=O)COc1ccccc1F)C(O)c1ccc(Cl)cc1. The van der Waals surface area contributed by atoms with Gasteiger partial charge >= 0.3 is 0 Å². The van der Waals surface area contributed by atoms with Gasteiger partial charge in [0.25, 0.3) is 5.91 Å². The molecule has 0 radical (unpaired) electrons. The van der Waals surface area contributed by atoms with Crippen molar-refractivity contribution < 1.29 is 19.0 Å². The predicted octanol–water partition coefficient (Wildman–Crippen LogP) is 3.10. The lowest BCUT2D eigenvalue weighted by Crippen LogP contribution is -2.39. The summed E-state index contributed by atoms with van der Waals surface area (Å²) in [5.74, 6) is -0.975. The van der Waals surface area contributed by atoms with Gasteiger partial charge in [-0.05, 0) is 36.8 Å². The van der Waals surface area contributed by atoms with Crippen LogP contribution in [0.3, 0.4) is 0 Å². The number of carbonyl (C=O) groups excluding carboxylic acids is 1. The molecule has 2 aromatic rings. The molecule has 2 rings (SSSR count). The Bertz CT molecular complexity index is 663. The second-order valence-corrected chi connectivity index (χ2v) is 5.51. The molecule has 0 saturated heterocycles. The number of amides is 1. The zero-order valence-electron chi connectivity index (χ0n) is 12.5. The van der Waals surface area contributed by atoms with Crippen molar-refractivity contribution in [3.8, 4) is 5.75 Å². The molecule has 2 unspecified atom stereocenters. The van der Waals surface area contributed by atoms with Crippen LogP contribution in [0, 0.1) is 5.82 Å². The van der Waals surface area contributed by atoms with Gasteiger partial charge in [-0.25, -0.2) is 4.39 Å². The van der Waals surface area contributed by atoms with Crippen molar-refractivity contribution >= 4 is 17.5 Å². The number of halogens is 2. The van der Waals surface area contributed by atoms with E-state index >= 15 is 0 Å². The topological polar surface area (TPSA) is 58.6 Å². The molecular weight excluding hydrogens is 321 g/mol. The normalized spacial score (nSPS) is 13.2. The zero-order valence-corrected chi connectivity index (χ0v) is 13.3. The first kappa shape index (κ1) is 17.2. The molecule has 0 aliphatic carbocycles. The Hall–Kier alpha value is -2.11. The van der Waals surface area contributed by atoms with E-state index in [9.17, 15) is 14.3 Å². The largest absolute Gasteiger partial charge is 0.481 e. The molecule has 23 heavy (non-hydrogen) atoms. The minimum Gasteiger partial charge on any atom is -0.481 e. The van der Waals surface area contributed by atoms with Crippen LogP contribution in [0.15, 0.2) is 48.5 Å². The summed E-state index contributed by atoms with van der Waals surface area (Å²) in [6, 6.07) is 12.0. The third-order valence-electron chi connectivity index (χ3n) is 3.27. The number of para-hydroxylation sites is 1. The molecule has 6 heteroatoms. The highest BCUT2D eigenvalue weighted by Gasteiger charge is 2.18. The Labute approximate surface area is 138 Å². The number of carbonyl (C=O) groups is 1. The van der Waals surface area contributed by atoms with Crippen LogP contribution in [-0.4, -0.2) is 23.7 Å². The van der Waals surface area contributed by atoms with Gasteiger partial charge in [0.1, 0.15) is 0 Å². The molecule has 0 aliphatic heterocycles. The average molecular weight is 338 g/mol. The minimum absolute atomic E-state index is 0.00792. The van der Waals surface area contributed by atoms with Crippen molar-refractivity contribution in [2.45, 2.75) is 19.1 Å². The maximum Gasteiger partial charge on any atom is 0.258 e. The molecule has 0 aromatic heterocycles. The van der Waals surface area contributed by atoms with Crippen LogP contribution in [0.4, 0.5) is 4.39 Å². The fourth-order valence-corrected chi connectivity index (χ4v) is 2.15. The first-order chi connectivity index (χ1) is 11.0. The standard InChI is InChI=1S/C17H17ClFNO3/c1-11(17(22)12-6-8-13(18)9-7-12)20-16(21)10-23-15-5-3-2-4-14(15)19/h2-9,11,17,22H,10H2,1H3,(H,20,21). The highest BCUT2D eigenvalue weighted by molar-refractivity contribution is 6.30. The van der Waals surface area contributed by atoms with Gasteiger partial charge in [-0.2, -0.15) is 0 Å². The predicted molar refractivity (Wildman–Crippen MR) is 85.9 cm³/mol. The number of aliphatic hydroxyl groups is 1. The Morgan fingerprint density at radius 2 is 1.91 bits per heavy atom. The summed E-state index contributed by atoms with van der Waals surface area (Å²) in [5, 5.41) is 13.4. The van der Waals surface area contributed by atoms with Crippen molar-refractivity contribution in [3.05, 3.63) is 64.9 Å². The van der Waals surface area contributed by atoms with Gasteiger partial charge < -0.3 is 15.2 Å². The van der Waals surface area contributed by atoms with E-state index in [-0.39, 0.29) is 12.4 Å². The highest BCUT2D eigenvalue weighted by atomic mass is 35.5. The van der Waals surface area contributed by atoms with Crippen molar-refractivity contribution in [1.29, 1.82) is 0 Å². The second kappa shape index (κ2) is 7.94. The summed E-state index contributed by atoms with van der Waals surface area (Å²) in [6.45, 7) is 1.33. The highest BCUT2D eigenvalue weighted by Crippen LogP contribution is 2.19. The van der Waals surface area contributed by atoms with E-state index in [1.165, 1.54) is 18.2 Å². The molecule has 0 saturated carbocycles. The number of hydrogen-bond acceptors (Lipinski definition) is 3. The van der Waals surface area contributed by atoms with Crippen molar-refractivity contribution in [2.24, 2.45) is 0 Å². The van der Waals surface area contributed by atoms with E-state index in [1.807, 2.05) is 0 Å². The first-order valence-corrected chi connectivity index (χ1v) is 7.45. The smallest absolute Gasteiger partial charge is 0.258 e. The Kier molecular flexibility index (Phi) is 5.96. The molecule has 4 nitrogen and oxygen atoms in total. The van der Waals surface area contributed by atoms with Crippen LogP contribution in [0.5, 0.6) is 5.75 Å². The Morgan fingerprint density at radius 3 is 2.57 bits per heavy atom. The summed E-state index contributed by atoms with van der Waals surface area (Å²) in [4.78, 5) is 11.8. The van der Waals surface area contributed by atoms with Crippen LogP contribution in [0.2, 0.25) is 5.02 Å². The number of aliphatic hydroxyl groups excluding tert-OH is 1. The lowest BCUT2D eigenvalue weighted by atomic mass is 10.0. The maximum atomic E-state index is 13.4. The van der Waals surface area contributed by atoms with E-state index < -0.39 is 23.9 Å². The monoisotopic (exact) mass is 337 g/mol. The van der Waals surface area contributed by atoms with E-state index in [4.69, 9.17) is 16.3 Å². The van der Waals surface area contributed by atoms with Gasteiger partial charge in [-0.15, -0.1) is 0 Å². The van der Waals surface area contributed by atoms with E-state index in [0.29, 0.717) is 10.6 Å². The van der Waals surface area contributed by atoms with Gasteiger partial charge in [0, 0.05) is 5.02 Å². The van der Waals surface area contributed by atoms with Crippen LogP contribution in [0.25, 0.3) is 0 Å². The van der Waals surface area contributed by atoms with E-state index in [1.54, 1.807) is 37.3 Å². The lowest BCUT2D eigenvalue weighted by molar-refractivity contribution is -0.124. The van der Waals surface area contributed by atoms with Gasteiger partial charge in [0.05, 0.1) is 12.1 Å². The first-order valence-electron chi connectivity index (χ1n) is 7.07. The second-order valence-electron chi connectivity index (χ2n) is 5.07. The Balaban J connectivity index is 1.87. The number of rotatable bonds is 6. The summed E-state index contributed by atoms with van der Waals surface area (Å²) in [5.41, 5.74) is 0.636. The van der Waals surface area contributed by atoms with Gasteiger partial charge in [-0.3, -0.25) is 4.79 Å². The third-order valence-corrected chi connectivity index (χ3v) is 3.52. The van der Waals surface area contributed by atoms with Crippen molar-refractivity contribution in [1.82, 2.24) is 5.32 Å². The quantitative estimate of drug-likeness (QED) is 0.851. The molecule has 2 atom stereocenters. The number of ether oxygens (including phenoxy) is 1. The average Bonchev–Trinajstić information content (AvgIpc) is 2.54. The summed E-state index contributed by atoms with van der Waals surface area (Å²) in [7, 11) is 0. The van der Waals surface area contributed by atoms with Gasteiger partial charge in [-0.1, -0.05) is 35.9 Å². The molecule has 2 aromatic carbocycles. The fourth-order valence-electron chi connectivity index (χ4n) is 2.03. The van der Waals surface area contributed by atoms with Crippen LogP contribution in [0.1, 0.15) is 18.6 Å². The minimum atomic E-state index is -0.885. The lowest BCUT2D eigenvalue weighted by Gasteiger charge is -2.20. The summed E-state index contributed by atoms with van der Waals surface area (Å²) >= 11 is 5.79. The molecule has 122 valence electrons. The van der Waals surface area contributed by atoms with E-state index in [2.05, 4.69) is 5.32 Å². The van der Waals surface area contributed by atoms with Gasteiger partial charge in [0.15, 0.2) is 18.2 Å². The molecule has 0 spiro atoms. The maximum absolute atomic E-state index is 13.4. The molecule has 2 N–H and O–H groups in total. The van der Waals surface area contributed by atoms with Crippen LogP contribution < -0.4 is 10.1 Å². The fraction of sp³-hybridized carbons (Fsp3) is 0.235. The third kappa shape index (κ3) is 4.94. The van der Waals surface area contributed by atoms with E-state index in [0.717, 1.165) is 0 Å². The Morgan fingerprint density at radius 1 is 1.26 bits per heavy atom. The molecule has 1 amide bonds. The molecule has 0 bridgehead atoms. The van der Waals surface area contributed by atoms with Crippen LogP contribution in [-0.2, 0) is 4.79 Å². The molecule has 0 heterocycles. The number of benzene rings is 2. The number of nitrogens with one attached hydrogen (secondary N) is 1. The zero-order chi connectivity index (χ0) is 16.8. The molecule has 0 fully saturated rings. The van der Waals surface area contributed by atoms with Crippen LogP contribution >= 0.6 is 11.6 Å². The summed E-state index contributed by atoms with van der Waals surface area (Å²) in [6.07, 6.45) is -0.885. The van der Waals surface area contributed by atoms with Gasteiger partial charge in [0.2, 0.25) is 0 Å². The number of hydrogen-bond donors (Lipinski definition) is 2. The van der Waals surface area contributed by atoms with Crippen molar-refractivity contribution in [3.63, 3.8) is 0 Å².